The van der Waals surface area contributed by atoms with Gasteiger partial charge in [-0.05, 0) is 34.1 Å². The van der Waals surface area contributed by atoms with Crippen molar-refractivity contribution in [1.82, 2.24) is 9.55 Å². The van der Waals surface area contributed by atoms with E-state index in [4.69, 9.17) is 19.3 Å². The lowest BCUT2D eigenvalue weighted by molar-refractivity contribution is -0.140. The molecule has 30 heavy (non-hydrogen) atoms. The van der Waals surface area contributed by atoms with Crippen LogP contribution < -0.4 is 20.5 Å². The van der Waals surface area contributed by atoms with Crippen LogP contribution in [0.25, 0.3) is 0 Å². The lowest BCUT2D eigenvalue weighted by atomic mass is 10.1. The minimum absolute atomic E-state index is 0.0589. The number of anilines is 1. The fraction of sp³-hybridized carbons (Fsp3) is 0.353. The van der Waals surface area contributed by atoms with Gasteiger partial charge in [0.2, 0.25) is 13.0 Å². The van der Waals surface area contributed by atoms with Crippen molar-refractivity contribution in [2.24, 2.45) is 0 Å². The van der Waals surface area contributed by atoms with Crippen LogP contribution in [-0.2, 0) is 4.74 Å². The Morgan fingerprint density at radius 1 is 1.37 bits per heavy atom. The van der Waals surface area contributed by atoms with Crippen LogP contribution in [0, 0.1) is 0 Å². The van der Waals surface area contributed by atoms with Gasteiger partial charge in [0.15, 0.2) is 17.6 Å². The lowest BCUT2D eigenvalue weighted by Crippen LogP contribution is -2.41. The molecule has 0 aliphatic carbocycles. The van der Waals surface area contributed by atoms with Crippen molar-refractivity contribution in [3.63, 3.8) is 0 Å². The highest BCUT2D eigenvalue weighted by Crippen LogP contribution is 2.42. The highest BCUT2D eigenvalue weighted by molar-refractivity contribution is 9.10. The van der Waals surface area contributed by atoms with Crippen LogP contribution in [0.4, 0.5) is 14.6 Å². The molecule has 1 unspecified atom stereocenters. The number of halogens is 3. The van der Waals surface area contributed by atoms with Gasteiger partial charge in [-0.15, -0.1) is 0 Å². The smallest absolute Gasteiger partial charge is 0.351 e. The number of carbonyl (C=O) groups excluding carboxylic acids is 1. The predicted molar refractivity (Wildman–Crippen MR) is 98.7 cm³/mol. The Balaban J connectivity index is 1.59. The minimum Gasteiger partial charge on any atom is -0.454 e. The zero-order valence-electron chi connectivity index (χ0n) is 14.9. The first kappa shape index (κ1) is 20.7. The third-order valence-electron chi connectivity index (χ3n) is 4.60. The van der Waals surface area contributed by atoms with Gasteiger partial charge >= 0.3 is 11.6 Å². The van der Waals surface area contributed by atoms with Crippen LogP contribution in [0.15, 0.2) is 33.7 Å². The third-order valence-corrected chi connectivity index (χ3v) is 5.26. The van der Waals surface area contributed by atoms with Crippen LogP contribution >= 0.6 is 15.9 Å². The largest absolute Gasteiger partial charge is 0.454 e. The van der Waals surface area contributed by atoms with E-state index < -0.39 is 42.6 Å². The SMILES string of the molecule is O=C(Nc1ccn([C@@H]2OC(CO)[C@H](O)C2(F)F)c(=O)n1)c1c(Br)ccc2c1OCO2. The van der Waals surface area contributed by atoms with Crippen molar-refractivity contribution in [3.8, 4) is 11.5 Å². The maximum atomic E-state index is 14.2. The van der Waals surface area contributed by atoms with Gasteiger partial charge in [-0.1, -0.05) is 0 Å². The van der Waals surface area contributed by atoms with Gasteiger partial charge in [0.1, 0.15) is 11.9 Å². The summed E-state index contributed by atoms with van der Waals surface area (Å²) in [5.74, 6) is -4.14. The number of fused-ring (bicyclic) bond motifs is 1. The summed E-state index contributed by atoms with van der Waals surface area (Å²) < 4.78 is 44.8. The van der Waals surface area contributed by atoms with Gasteiger partial charge in [0, 0.05) is 10.7 Å². The molecule has 1 saturated heterocycles. The summed E-state index contributed by atoms with van der Waals surface area (Å²) in [6, 6.07) is 4.31. The highest BCUT2D eigenvalue weighted by atomic mass is 79.9. The molecule has 2 aliphatic rings. The predicted octanol–water partition coefficient (Wildman–Crippen LogP) is 0.873. The molecule has 160 valence electrons. The summed E-state index contributed by atoms with van der Waals surface area (Å²) in [6.07, 6.45) is -5.07. The first-order chi connectivity index (χ1) is 14.2. The van der Waals surface area contributed by atoms with Gasteiger partial charge in [-0.2, -0.15) is 13.8 Å². The Kier molecular flexibility index (Phi) is 5.22. The summed E-state index contributed by atoms with van der Waals surface area (Å²) in [5, 5.41) is 21.0. The number of carbonyl (C=O) groups is 1. The molecule has 0 bridgehead atoms. The molecule has 4 rings (SSSR count). The standard InChI is InChI=1S/C17H14BrF2N3O7/c18-7-1-2-8-12(29-6-28-8)11(7)14(26)21-10-3-4-23(16(27)22-10)15-17(19,20)13(25)9(5-24)30-15/h1-4,9,13,15,24-25H,5-6H2,(H,21,22,26,27)/t9?,13-,15+/m0/s1. The molecule has 0 saturated carbocycles. The molecule has 13 heteroatoms. The van der Waals surface area contributed by atoms with Crippen LogP contribution in [-0.4, -0.2) is 57.2 Å². The fourth-order valence-corrected chi connectivity index (χ4v) is 3.61. The van der Waals surface area contributed by atoms with E-state index in [1.165, 1.54) is 0 Å². The van der Waals surface area contributed by atoms with E-state index in [0.717, 1.165) is 12.3 Å². The van der Waals surface area contributed by atoms with Crippen molar-refractivity contribution >= 4 is 27.7 Å². The molecule has 2 aliphatic heterocycles. The van der Waals surface area contributed by atoms with Crippen molar-refractivity contribution < 1.29 is 38.0 Å². The second kappa shape index (κ2) is 7.58. The molecule has 2 aromatic rings. The van der Waals surface area contributed by atoms with E-state index in [1.54, 1.807) is 12.1 Å². The Hall–Kier alpha value is -2.61. The van der Waals surface area contributed by atoms with E-state index >= 15 is 0 Å². The van der Waals surface area contributed by atoms with Gasteiger partial charge in [-0.25, -0.2) is 4.79 Å². The van der Waals surface area contributed by atoms with E-state index in [0.29, 0.717) is 14.8 Å². The van der Waals surface area contributed by atoms with Gasteiger partial charge in [-0.3, -0.25) is 9.36 Å². The molecule has 3 atom stereocenters. The first-order valence-electron chi connectivity index (χ1n) is 8.55. The molecule has 3 heterocycles. The number of aromatic nitrogens is 2. The number of hydrogen-bond donors (Lipinski definition) is 3. The normalized spacial score (nSPS) is 24.1. The number of ether oxygens (including phenoxy) is 3. The van der Waals surface area contributed by atoms with Crippen LogP contribution in [0.3, 0.4) is 0 Å². The number of hydrogen-bond acceptors (Lipinski definition) is 8. The number of nitrogens with one attached hydrogen (secondary N) is 1. The lowest BCUT2D eigenvalue weighted by Gasteiger charge is -2.21. The number of amides is 1. The maximum absolute atomic E-state index is 14.2. The Labute approximate surface area is 175 Å². The fourth-order valence-electron chi connectivity index (χ4n) is 3.12. The zero-order chi connectivity index (χ0) is 21.6. The first-order valence-corrected chi connectivity index (χ1v) is 9.34. The van der Waals surface area contributed by atoms with Gasteiger partial charge in [0.25, 0.3) is 5.91 Å². The number of nitrogens with zero attached hydrogens (tertiary/aromatic N) is 2. The summed E-state index contributed by atoms with van der Waals surface area (Å²) >= 11 is 3.24. The van der Waals surface area contributed by atoms with Crippen LogP contribution in [0.1, 0.15) is 16.6 Å². The molecular formula is C17H14BrF2N3O7. The molecule has 3 N–H and O–H groups in total. The second-order valence-corrected chi connectivity index (χ2v) is 7.30. The van der Waals surface area contributed by atoms with E-state index in [2.05, 4.69) is 26.2 Å². The monoisotopic (exact) mass is 489 g/mol. The zero-order valence-corrected chi connectivity index (χ0v) is 16.5. The molecule has 1 aromatic carbocycles. The van der Waals surface area contributed by atoms with Crippen molar-refractivity contribution in [3.05, 3.63) is 44.9 Å². The van der Waals surface area contributed by atoms with E-state index in [9.17, 15) is 23.5 Å². The Morgan fingerprint density at radius 2 is 2.13 bits per heavy atom. The minimum atomic E-state index is -3.84. The van der Waals surface area contributed by atoms with Crippen molar-refractivity contribution in [2.75, 3.05) is 18.7 Å². The number of alkyl halides is 2. The number of benzene rings is 1. The highest BCUT2D eigenvalue weighted by Gasteiger charge is 2.59. The van der Waals surface area contributed by atoms with E-state index in [1.807, 2.05) is 0 Å². The van der Waals surface area contributed by atoms with Crippen molar-refractivity contribution in [1.29, 1.82) is 0 Å². The molecule has 0 spiro atoms. The Morgan fingerprint density at radius 3 is 2.80 bits per heavy atom. The molecule has 10 nitrogen and oxygen atoms in total. The number of aliphatic hydroxyl groups excluding tert-OH is 2. The molecule has 1 amide bonds. The molecule has 1 fully saturated rings. The quantitative estimate of drug-likeness (QED) is 0.576. The van der Waals surface area contributed by atoms with Crippen LogP contribution in [0.2, 0.25) is 0 Å². The summed E-state index contributed by atoms with van der Waals surface area (Å²) in [6.45, 7) is -0.914. The average molecular weight is 490 g/mol. The summed E-state index contributed by atoms with van der Waals surface area (Å²) in [7, 11) is 0. The van der Waals surface area contributed by atoms with Gasteiger partial charge in [0.05, 0.1) is 12.2 Å². The second-order valence-electron chi connectivity index (χ2n) is 6.44. The van der Waals surface area contributed by atoms with E-state index in [-0.39, 0.29) is 23.9 Å². The average Bonchev–Trinajstić information content (AvgIpc) is 3.25. The number of rotatable bonds is 4. The molecule has 0 radical (unpaired) electrons. The van der Waals surface area contributed by atoms with Gasteiger partial charge < -0.3 is 29.7 Å². The van der Waals surface area contributed by atoms with Crippen molar-refractivity contribution in [2.45, 2.75) is 24.4 Å². The molecule has 1 aromatic heterocycles. The third kappa shape index (κ3) is 3.33. The summed E-state index contributed by atoms with van der Waals surface area (Å²) in [4.78, 5) is 28.5. The maximum Gasteiger partial charge on any atom is 0.351 e. The number of aliphatic hydroxyl groups is 2. The molecular weight excluding hydrogens is 476 g/mol. The topological polar surface area (TPSA) is 132 Å². The Bertz CT molecular complexity index is 1060. The summed E-state index contributed by atoms with van der Waals surface area (Å²) in [5.41, 5.74) is -1.05. The van der Waals surface area contributed by atoms with Crippen LogP contribution in [0.5, 0.6) is 11.5 Å².